The molecule has 120 valence electrons. The zero-order valence-electron chi connectivity index (χ0n) is 13.1. The molecule has 0 aliphatic carbocycles. The number of nitrogens with one attached hydrogen (secondary N) is 1. The Bertz CT molecular complexity index is 551. The van der Waals surface area contributed by atoms with E-state index in [1.807, 2.05) is 38.1 Å². The third-order valence-electron chi connectivity index (χ3n) is 4.64. The first-order valence-corrected chi connectivity index (χ1v) is 7.74. The Morgan fingerprint density at radius 1 is 1.32 bits per heavy atom. The van der Waals surface area contributed by atoms with E-state index in [0.29, 0.717) is 19.4 Å². The van der Waals surface area contributed by atoms with E-state index in [-0.39, 0.29) is 12.5 Å². The van der Waals surface area contributed by atoms with Crippen molar-refractivity contribution in [2.24, 2.45) is 5.41 Å². The number of ether oxygens (including phenoxy) is 1. The lowest BCUT2D eigenvalue weighted by Gasteiger charge is -2.29. The lowest BCUT2D eigenvalue weighted by molar-refractivity contribution is -0.150. The molecule has 0 saturated heterocycles. The molecule has 1 atom stereocenters. The average molecular weight is 305 g/mol. The summed E-state index contributed by atoms with van der Waals surface area (Å²) < 4.78 is 5.60. The van der Waals surface area contributed by atoms with Crippen molar-refractivity contribution in [1.82, 2.24) is 5.32 Å². The van der Waals surface area contributed by atoms with Gasteiger partial charge in [0, 0.05) is 6.54 Å². The highest BCUT2D eigenvalue weighted by atomic mass is 16.5. The van der Waals surface area contributed by atoms with Crippen molar-refractivity contribution in [3.63, 3.8) is 0 Å². The second-order valence-corrected chi connectivity index (χ2v) is 5.71. The maximum atomic E-state index is 12.4. The van der Waals surface area contributed by atoms with Gasteiger partial charge in [-0.25, -0.2) is 0 Å². The Labute approximate surface area is 130 Å². The number of fused-ring (bicyclic) bond motifs is 1. The van der Waals surface area contributed by atoms with Crippen LogP contribution in [0.25, 0.3) is 0 Å². The molecular weight excluding hydrogens is 282 g/mol. The van der Waals surface area contributed by atoms with Gasteiger partial charge < -0.3 is 15.2 Å². The second-order valence-electron chi connectivity index (χ2n) is 5.71. The van der Waals surface area contributed by atoms with E-state index in [0.717, 1.165) is 17.5 Å². The molecular formula is C17H23NO4. The normalized spacial score (nSPS) is 17.6. The number of hydrogen-bond donors (Lipinski definition) is 2. The number of hydrogen-bond acceptors (Lipinski definition) is 3. The highest BCUT2D eigenvalue weighted by molar-refractivity contribution is 5.84. The predicted octanol–water partition coefficient (Wildman–Crippen LogP) is 2.31. The molecule has 5 nitrogen and oxygen atoms in total. The molecule has 1 aromatic rings. The number of aliphatic carboxylic acids is 1. The van der Waals surface area contributed by atoms with E-state index in [2.05, 4.69) is 5.32 Å². The van der Waals surface area contributed by atoms with Crippen LogP contribution in [0.3, 0.4) is 0 Å². The monoisotopic (exact) mass is 305 g/mol. The Balaban J connectivity index is 2.09. The first-order valence-electron chi connectivity index (χ1n) is 7.74. The van der Waals surface area contributed by atoms with Crippen LogP contribution in [0.4, 0.5) is 0 Å². The van der Waals surface area contributed by atoms with E-state index >= 15 is 0 Å². The Morgan fingerprint density at radius 2 is 2.00 bits per heavy atom. The van der Waals surface area contributed by atoms with Gasteiger partial charge in [0.2, 0.25) is 0 Å². The molecule has 22 heavy (non-hydrogen) atoms. The van der Waals surface area contributed by atoms with Gasteiger partial charge in [0.15, 0.2) is 6.10 Å². The largest absolute Gasteiger partial charge is 0.481 e. The van der Waals surface area contributed by atoms with Crippen molar-refractivity contribution in [3.8, 4) is 0 Å². The van der Waals surface area contributed by atoms with Gasteiger partial charge in [-0.2, -0.15) is 0 Å². The van der Waals surface area contributed by atoms with Crippen LogP contribution in [0.15, 0.2) is 24.3 Å². The topological polar surface area (TPSA) is 75.6 Å². The van der Waals surface area contributed by atoms with Crippen LogP contribution in [0.5, 0.6) is 0 Å². The summed E-state index contributed by atoms with van der Waals surface area (Å²) in [6, 6.07) is 7.72. The first-order chi connectivity index (χ1) is 10.5. The lowest BCUT2D eigenvalue weighted by atomic mass is 9.82. The number of rotatable bonds is 6. The number of carboxylic acid groups (broad SMARTS) is 1. The average Bonchev–Trinajstić information content (AvgIpc) is 2.55. The molecule has 1 aliphatic heterocycles. The fourth-order valence-corrected chi connectivity index (χ4v) is 2.84. The molecule has 5 heteroatoms. The minimum Gasteiger partial charge on any atom is -0.481 e. The quantitative estimate of drug-likeness (QED) is 0.845. The third-order valence-corrected chi connectivity index (χ3v) is 4.64. The molecule has 1 aliphatic rings. The van der Waals surface area contributed by atoms with Gasteiger partial charge in [-0.05, 0) is 30.4 Å². The van der Waals surface area contributed by atoms with Crippen molar-refractivity contribution in [2.75, 3.05) is 13.2 Å². The molecule has 0 spiro atoms. The van der Waals surface area contributed by atoms with Crippen molar-refractivity contribution >= 4 is 11.9 Å². The molecule has 0 saturated carbocycles. The summed E-state index contributed by atoms with van der Waals surface area (Å²) in [6.07, 6.45) is 1.09. The Kier molecular flexibility index (Phi) is 5.19. The fraction of sp³-hybridized carbons (Fsp3) is 0.529. The maximum Gasteiger partial charge on any atom is 0.311 e. The van der Waals surface area contributed by atoms with Crippen molar-refractivity contribution in [3.05, 3.63) is 35.4 Å². The Hall–Kier alpha value is -1.88. The molecule has 0 fully saturated rings. The van der Waals surface area contributed by atoms with E-state index in [4.69, 9.17) is 4.74 Å². The van der Waals surface area contributed by atoms with Gasteiger partial charge in [0.05, 0.1) is 12.0 Å². The summed E-state index contributed by atoms with van der Waals surface area (Å²) in [5.41, 5.74) is 1.08. The van der Waals surface area contributed by atoms with Gasteiger partial charge >= 0.3 is 5.97 Å². The van der Waals surface area contributed by atoms with Gasteiger partial charge in [-0.15, -0.1) is 0 Å². The summed E-state index contributed by atoms with van der Waals surface area (Å²) in [6.45, 7) is 4.28. The molecule has 0 aromatic heterocycles. The minimum atomic E-state index is -0.913. The standard InChI is InChI=1S/C17H23NO4/c1-3-17(4-2,16(20)21)11-18-15(19)14-13-8-6-5-7-12(13)9-10-22-14/h5-8,14H,3-4,9-11H2,1-2H3,(H,18,19)(H,20,21). The smallest absolute Gasteiger partial charge is 0.311 e. The van der Waals surface area contributed by atoms with Crippen LogP contribution < -0.4 is 5.32 Å². The lowest BCUT2D eigenvalue weighted by Crippen LogP contribution is -2.44. The van der Waals surface area contributed by atoms with Crippen molar-refractivity contribution in [2.45, 2.75) is 39.2 Å². The van der Waals surface area contributed by atoms with E-state index in [1.165, 1.54) is 0 Å². The number of carbonyl (C=O) groups is 2. The van der Waals surface area contributed by atoms with E-state index in [1.54, 1.807) is 0 Å². The fourth-order valence-electron chi connectivity index (χ4n) is 2.84. The van der Waals surface area contributed by atoms with Gasteiger partial charge in [0.25, 0.3) is 5.91 Å². The highest BCUT2D eigenvalue weighted by Crippen LogP contribution is 2.29. The van der Waals surface area contributed by atoms with Crippen molar-refractivity contribution in [1.29, 1.82) is 0 Å². The molecule has 2 rings (SSSR count). The molecule has 1 unspecified atom stereocenters. The van der Waals surface area contributed by atoms with Crippen LogP contribution in [-0.4, -0.2) is 30.1 Å². The second kappa shape index (κ2) is 6.92. The van der Waals surface area contributed by atoms with Gasteiger partial charge in [0.1, 0.15) is 0 Å². The molecule has 1 amide bonds. The van der Waals surface area contributed by atoms with E-state index in [9.17, 15) is 14.7 Å². The van der Waals surface area contributed by atoms with Crippen molar-refractivity contribution < 1.29 is 19.4 Å². The van der Waals surface area contributed by atoms with Crippen LogP contribution in [-0.2, 0) is 20.7 Å². The van der Waals surface area contributed by atoms with Gasteiger partial charge in [-0.1, -0.05) is 38.1 Å². The summed E-state index contributed by atoms with van der Waals surface area (Å²) >= 11 is 0. The van der Waals surface area contributed by atoms with Crippen LogP contribution >= 0.6 is 0 Å². The SMILES string of the molecule is CCC(CC)(CNC(=O)C1OCCc2ccccc21)C(=O)O. The summed E-state index contributed by atoms with van der Waals surface area (Å²) in [5, 5.41) is 12.2. The molecule has 0 radical (unpaired) electrons. The summed E-state index contributed by atoms with van der Waals surface area (Å²) in [4.78, 5) is 23.9. The van der Waals surface area contributed by atoms with Gasteiger partial charge in [-0.3, -0.25) is 9.59 Å². The molecule has 1 heterocycles. The molecule has 1 aromatic carbocycles. The zero-order chi connectivity index (χ0) is 16.2. The van der Waals surface area contributed by atoms with Crippen LogP contribution in [0.1, 0.15) is 43.9 Å². The number of carbonyl (C=O) groups excluding carboxylic acids is 1. The Morgan fingerprint density at radius 3 is 2.64 bits per heavy atom. The maximum absolute atomic E-state index is 12.4. The van der Waals surface area contributed by atoms with E-state index < -0.39 is 17.5 Å². The molecule has 2 N–H and O–H groups in total. The third kappa shape index (κ3) is 3.14. The zero-order valence-corrected chi connectivity index (χ0v) is 13.1. The predicted molar refractivity (Wildman–Crippen MR) is 82.5 cm³/mol. The first kappa shape index (κ1) is 16.5. The molecule has 0 bridgehead atoms. The van der Waals surface area contributed by atoms with Crippen LogP contribution in [0, 0.1) is 5.41 Å². The summed E-state index contributed by atoms with van der Waals surface area (Å²) in [5.74, 6) is -1.14. The van der Waals surface area contributed by atoms with Crippen LogP contribution in [0.2, 0.25) is 0 Å². The minimum absolute atomic E-state index is 0.121. The number of benzene rings is 1. The summed E-state index contributed by atoms with van der Waals surface area (Å²) in [7, 11) is 0. The number of carboxylic acids is 1. The number of amides is 1. The highest BCUT2D eigenvalue weighted by Gasteiger charge is 2.36.